The SMILES string of the molecule is CC(=O)CCOc1ccc(CCCCN)cc1. The number of ether oxygens (including phenoxy) is 1. The second kappa shape index (κ2) is 7.85. The summed E-state index contributed by atoms with van der Waals surface area (Å²) in [5, 5.41) is 0. The van der Waals surface area contributed by atoms with Gasteiger partial charge in [-0.25, -0.2) is 0 Å². The van der Waals surface area contributed by atoms with Gasteiger partial charge in [0.2, 0.25) is 0 Å². The van der Waals surface area contributed by atoms with Gasteiger partial charge in [-0.05, 0) is 50.4 Å². The van der Waals surface area contributed by atoms with Gasteiger partial charge in [0.05, 0.1) is 6.61 Å². The van der Waals surface area contributed by atoms with Gasteiger partial charge < -0.3 is 10.5 Å². The number of rotatable bonds is 8. The molecule has 3 nitrogen and oxygen atoms in total. The Morgan fingerprint density at radius 3 is 2.53 bits per heavy atom. The van der Waals surface area contributed by atoms with Gasteiger partial charge in [0.15, 0.2) is 0 Å². The summed E-state index contributed by atoms with van der Waals surface area (Å²) in [5.74, 6) is 0.984. The summed E-state index contributed by atoms with van der Waals surface area (Å²) >= 11 is 0. The van der Waals surface area contributed by atoms with Crippen LogP contribution in [0.15, 0.2) is 24.3 Å². The Morgan fingerprint density at radius 2 is 1.94 bits per heavy atom. The minimum absolute atomic E-state index is 0.156. The number of hydrogen-bond donors (Lipinski definition) is 1. The van der Waals surface area contributed by atoms with Crippen LogP contribution in [-0.4, -0.2) is 18.9 Å². The number of carbonyl (C=O) groups is 1. The molecule has 0 aliphatic heterocycles. The van der Waals surface area contributed by atoms with Crippen LogP contribution in [0, 0.1) is 0 Å². The maximum absolute atomic E-state index is 10.7. The molecule has 0 fully saturated rings. The summed E-state index contributed by atoms with van der Waals surface area (Å²) in [5.41, 5.74) is 6.75. The first kappa shape index (κ1) is 13.7. The van der Waals surface area contributed by atoms with Crippen LogP contribution in [-0.2, 0) is 11.2 Å². The summed E-state index contributed by atoms with van der Waals surface area (Å²) in [6, 6.07) is 8.05. The number of aryl methyl sites for hydroxylation is 1. The minimum Gasteiger partial charge on any atom is -0.493 e. The lowest BCUT2D eigenvalue weighted by Gasteiger charge is -2.06. The van der Waals surface area contributed by atoms with Gasteiger partial charge in [-0.3, -0.25) is 4.79 Å². The van der Waals surface area contributed by atoms with Crippen LogP contribution in [0.3, 0.4) is 0 Å². The Balaban J connectivity index is 2.31. The standard InChI is InChI=1S/C14H21NO2/c1-12(16)9-11-17-14-7-5-13(6-8-14)4-2-3-10-15/h5-8H,2-4,9-11,15H2,1H3. The molecule has 0 atom stereocenters. The van der Waals surface area contributed by atoms with Crippen molar-refractivity contribution in [1.29, 1.82) is 0 Å². The van der Waals surface area contributed by atoms with Crippen LogP contribution >= 0.6 is 0 Å². The largest absolute Gasteiger partial charge is 0.493 e. The molecule has 2 N–H and O–H groups in total. The number of benzene rings is 1. The number of hydrogen-bond acceptors (Lipinski definition) is 3. The maximum Gasteiger partial charge on any atom is 0.133 e. The Hall–Kier alpha value is -1.35. The third-order valence-electron chi connectivity index (χ3n) is 2.57. The van der Waals surface area contributed by atoms with Gasteiger partial charge in [0.25, 0.3) is 0 Å². The molecule has 0 aliphatic carbocycles. The Bertz CT molecular complexity index is 333. The van der Waals surface area contributed by atoms with Crippen molar-refractivity contribution in [2.75, 3.05) is 13.2 Å². The average molecular weight is 235 g/mol. The van der Waals surface area contributed by atoms with Gasteiger partial charge in [-0.1, -0.05) is 12.1 Å². The fourth-order valence-corrected chi connectivity index (χ4v) is 1.54. The van der Waals surface area contributed by atoms with Crippen LogP contribution in [0.25, 0.3) is 0 Å². The van der Waals surface area contributed by atoms with Crippen molar-refractivity contribution in [2.45, 2.75) is 32.6 Å². The van der Waals surface area contributed by atoms with E-state index in [4.69, 9.17) is 10.5 Å². The molecule has 0 saturated carbocycles. The lowest BCUT2D eigenvalue weighted by molar-refractivity contribution is -0.117. The molecular formula is C14H21NO2. The van der Waals surface area contributed by atoms with Crippen molar-refractivity contribution in [1.82, 2.24) is 0 Å². The van der Waals surface area contributed by atoms with E-state index in [2.05, 4.69) is 12.1 Å². The fraction of sp³-hybridized carbons (Fsp3) is 0.500. The molecule has 1 aromatic carbocycles. The van der Waals surface area contributed by atoms with E-state index in [9.17, 15) is 4.79 Å². The molecule has 94 valence electrons. The van der Waals surface area contributed by atoms with Crippen molar-refractivity contribution >= 4 is 5.78 Å². The first-order chi connectivity index (χ1) is 8.22. The monoisotopic (exact) mass is 235 g/mol. The Labute approximate surface area is 103 Å². The summed E-state index contributed by atoms with van der Waals surface area (Å²) in [7, 11) is 0. The highest BCUT2D eigenvalue weighted by molar-refractivity contribution is 5.75. The fourth-order valence-electron chi connectivity index (χ4n) is 1.54. The van der Waals surface area contributed by atoms with Crippen molar-refractivity contribution in [3.05, 3.63) is 29.8 Å². The predicted octanol–water partition coefficient (Wildman–Crippen LogP) is 2.33. The normalized spacial score (nSPS) is 10.2. The lowest BCUT2D eigenvalue weighted by atomic mass is 10.1. The van der Waals surface area contributed by atoms with E-state index in [0.29, 0.717) is 13.0 Å². The number of carbonyl (C=O) groups excluding carboxylic acids is 1. The van der Waals surface area contributed by atoms with Crippen molar-refractivity contribution in [2.24, 2.45) is 5.73 Å². The van der Waals surface area contributed by atoms with E-state index >= 15 is 0 Å². The van der Waals surface area contributed by atoms with Crippen molar-refractivity contribution in [3.63, 3.8) is 0 Å². The van der Waals surface area contributed by atoms with E-state index in [-0.39, 0.29) is 5.78 Å². The van der Waals surface area contributed by atoms with Crippen LogP contribution in [0.2, 0.25) is 0 Å². The highest BCUT2D eigenvalue weighted by Gasteiger charge is 1.97. The van der Waals surface area contributed by atoms with Crippen LogP contribution < -0.4 is 10.5 Å². The lowest BCUT2D eigenvalue weighted by Crippen LogP contribution is -2.02. The number of Topliss-reactive ketones (excluding diaryl/α,β-unsaturated/α-hetero) is 1. The molecular weight excluding hydrogens is 214 g/mol. The molecule has 0 aromatic heterocycles. The molecule has 0 unspecified atom stereocenters. The Kier molecular flexibility index (Phi) is 6.33. The molecule has 0 amide bonds. The zero-order valence-electron chi connectivity index (χ0n) is 10.4. The molecule has 0 saturated heterocycles. The second-order valence-corrected chi connectivity index (χ2v) is 4.19. The number of unbranched alkanes of at least 4 members (excludes halogenated alkanes) is 1. The smallest absolute Gasteiger partial charge is 0.133 e. The third-order valence-corrected chi connectivity index (χ3v) is 2.57. The quantitative estimate of drug-likeness (QED) is 0.703. The summed E-state index contributed by atoms with van der Waals surface area (Å²) in [6.07, 6.45) is 3.72. The summed E-state index contributed by atoms with van der Waals surface area (Å²) in [4.78, 5) is 10.7. The first-order valence-corrected chi connectivity index (χ1v) is 6.13. The molecule has 1 aromatic rings. The maximum atomic E-state index is 10.7. The van der Waals surface area contributed by atoms with Gasteiger partial charge in [-0.2, -0.15) is 0 Å². The van der Waals surface area contributed by atoms with E-state index in [0.717, 1.165) is 31.6 Å². The second-order valence-electron chi connectivity index (χ2n) is 4.19. The highest BCUT2D eigenvalue weighted by Crippen LogP contribution is 2.14. The molecule has 0 heterocycles. The molecule has 0 bridgehead atoms. The molecule has 0 radical (unpaired) electrons. The van der Waals surface area contributed by atoms with Gasteiger partial charge in [0.1, 0.15) is 11.5 Å². The molecule has 17 heavy (non-hydrogen) atoms. The average Bonchev–Trinajstić information content (AvgIpc) is 2.31. The molecule has 0 spiro atoms. The topological polar surface area (TPSA) is 52.3 Å². The summed E-state index contributed by atoms with van der Waals surface area (Å²) < 4.78 is 5.46. The first-order valence-electron chi connectivity index (χ1n) is 6.13. The zero-order chi connectivity index (χ0) is 12.5. The number of ketones is 1. The van der Waals surface area contributed by atoms with Crippen LogP contribution in [0.4, 0.5) is 0 Å². The van der Waals surface area contributed by atoms with Gasteiger partial charge in [-0.15, -0.1) is 0 Å². The van der Waals surface area contributed by atoms with Gasteiger partial charge >= 0.3 is 0 Å². The van der Waals surface area contributed by atoms with Crippen LogP contribution in [0.1, 0.15) is 31.7 Å². The molecule has 0 aliphatic rings. The van der Waals surface area contributed by atoms with E-state index < -0.39 is 0 Å². The minimum atomic E-state index is 0.156. The molecule has 3 heteroatoms. The summed E-state index contributed by atoms with van der Waals surface area (Å²) in [6.45, 7) is 2.79. The third kappa shape index (κ3) is 6.07. The van der Waals surface area contributed by atoms with E-state index in [1.165, 1.54) is 5.56 Å². The number of nitrogens with two attached hydrogens (primary N) is 1. The van der Waals surface area contributed by atoms with Gasteiger partial charge in [0, 0.05) is 6.42 Å². The predicted molar refractivity (Wildman–Crippen MR) is 69.2 cm³/mol. The molecule has 1 rings (SSSR count). The van der Waals surface area contributed by atoms with E-state index in [1.807, 2.05) is 12.1 Å². The van der Waals surface area contributed by atoms with Crippen LogP contribution in [0.5, 0.6) is 5.75 Å². The van der Waals surface area contributed by atoms with E-state index in [1.54, 1.807) is 6.92 Å². The van der Waals surface area contributed by atoms with Crippen molar-refractivity contribution in [3.8, 4) is 5.75 Å². The highest BCUT2D eigenvalue weighted by atomic mass is 16.5. The Morgan fingerprint density at radius 1 is 1.24 bits per heavy atom. The zero-order valence-corrected chi connectivity index (χ0v) is 10.4. The van der Waals surface area contributed by atoms with Crippen molar-refractivity contribution < 1.29 is 9.53 Å².